The zero-order valence-electron chi connectivity index (χ0n) is 10.8. The van der Waals surface area contributed by atoms with E-state index in [0.717, 1.165) is 34.8 Å². The lowest BCUT2D eigenvalue weighted by Crippen LogP contribution is -1.97. The third-order valence-corrected chi connectivity index (χ3v) is 4.46. The number of aryl methyl sites for hydroxylation is 1. The minimum atomic E-state index is -0.307. The third kappa shape index (κ3) is 1.99. The Bertz CT molecular complexity index is 734. The van der Waals surface area contributed by atoms with E-state index in [1.54, 1.807) is 11.3 Å². The lowest BCUT2D eigenvalue weighted by Gasteiger charge is -2.07. The molecule has 5 heteroatoms. The van der Waals surface area contributed by atoms with Gasteiger partial charge in [0, 0.05) is 17.8 Å². The summed E-state index contributed by atoms with van der Waals surface area (Å²) in [5, 5.41) is 11.8. The Labute approximate surface area is 120 Å². The average molecular weight is 286 g/mol. The first-order valence-corrected chi connectivity index (χ1v) is 7.52. The summed E-state index contributed by atoms with van der Waals surface area (Å²) in [6.07, 6.45) is 5.42. The number of thiazole rings is 1. The van der Waals surface area contributed by atoms with E-state index in [0.29, 0.717) is 6.61 Å². The van der Waals surface area contributed by atoms with Gasteiger partial charge in [-0.3, -0.25) is 4.40 Å². The summed E-state index contributed by atoms with van der Waals surface area (Å²) in [4.78, 5) is 5.48. The predicted molar refractivity (Wildman–Crippen MR) is 77.1 cm³/mol. The van der Waals surface area contributed by atoms with Gasteiger partial charge in [-0.15, -0.1) is 11.3 Å². The maximum atomic E-state index is 9.78. The van der Waals surface area contributed by atoms with Gasteiger partial charge in [-0.1, -0.05) is 6.07 Å². The number of hydrogen-bond donors (Lipinski definition) is 1. The molecule has 1 N–H and O–H groups in total. The second kappa shape index (κ2) is 4.61. The summed E-state index contributed by atoms with van der Waals surface area (Å²) >= 11 is 1.61. The number of ether oxygens (including phenoxy) is 1. The number of rotatable bonds is 3. The van der Waals surface area contributed by atoms with E-state index in [2.05, 4.69) is 4.98 Å². The van der Waals surface area contributed by atoms with Gasteiger partial charge >= 0.3 is 0 Å². The summed E-state index contributed by atoms with van der Waals surface area (Å²) in [5.41, 5.74) is 3.16. The quantitative estimate of drug-likeness (QED) is 0.805. The second-order valence-electron chi connectivity index (χ2n) is 5.03. The van der Waals surface area contributed by atoms with Crippen molar-refractivity contribution in [3.63, 3.8) is 0 Å². The highest BCUT2D eigenvalue weighted by molar-refractivity contribution is 7.15. The van der Waals surface area contributed by atoms with Crippen molar-refractivity contribution in [2.45, 2.75) is 25.6 Å². The lowest BCUT2D eigenvalue weighted by atomic mass is 10.1. The van der Waals surface area contributed by atoms with E-state index in [1.807, 2.05) is 40.4 Å². The van der Waals surface area contributed by atoms with Crippen LogP contribution in [-0.4, -0.2) is 14.5 Å². The Morgan fingerprint density at radius 3 is 3.30 bits per heavy atom. The summed E-state index contributed by atoms with van der Waals surface area (Å²) in [6.45, 7) is 0.468. The molecule has 0 amide bonds. The van der Waals surface area contributed by atoms with Crippen molar-refractivity contribution in [2.75, 3.05) is 0 Å². The first-order chi connectivity index (χ1) is 9.79. The molecular weight excluding hydrogens is 272 g/mol. The lowest BCUT2D eigenvalue weighted by molar-refractivity contribution is 0.180. The van der Waals surface area contributed by atoms with Gasteiger partial charge in [0.15, 0.2) is 4.96 Å². The largest absolute Gasteiger partial charge is 0.487 e. The van der Waals surface area contributed by atoms with Crippen LogP contribution in [0.4, 0.5) is 0 Å². The Morgan fingerprint density at radius 1 is 1.45 bits per heavy atom. The number of nitrogens with zero attached hydrogens (tertiary/aromatic N) is 2. The maximum absolute atomic E-state index is 9.78. The molecule has 0 aliphatic heterocycles. The van der Waals surface area contributed by atoms with Gasteiger partial charge in [0.2, 0.25) is 0 Å². The Kier molecular flexibility index (Phi) is 2.75. The van der Waals surface area contributed by atoms with Crippen molar-refractivity contribution in [2.24, 2.45) is 0 Å². The number of benzene rings is 1. The van der Waals surface area contributed by atoms with Gasteiger partial charge in [0.25, 0.3) is 0 Å². The first kappa shape index (κ1) is 11.9. The van der Waals surface area contributed by atoms with Crippen LogP contribution in [0.15, 0.2) is 36.0 Å². The standard InChI is InChI=1S/C15H14N2O2S/c18-14-4-1-10-7-12(2-3-13(10)14)19-9-11-8-17-5-6-20-15(17)16-11/h2-3,5-8,14,18H,1,4,9H2/t14-/m0/s1. The molecule has 0 spiro atoms. The molecule has 1 aliphatic rings. The maximum Gasteiger partial charge on any atom is 0.193 e. The molecule has 0 saturated carbocycles. The third-order valence-electron chi connectivity index (χ3n) is 3.69. The molecule has 0 saturated heterocycles. The molecule has 0 bridgehead atoms. The van der Waals surface area contributed by atoms with Crippen molar-refractivity contribution in [1.29, 1.82) is 0 Å². The predicted octanol–water partition coefficient (Wildman–Crippen LogP) is 2.95. The van der Waals surface area contributed by atoms with E-state index in [-0.39, 0.29) is 6.10 Å². The number of aromatic nitrogens is 2. The van der Waals surface area contributed by atoms with Crippen LogP contribution in [0.1, 0.15) is 29.3 Å². The number of imidazole rings is 1. The van der Waals surface area contributed by atoms with Crippen molar-refractivity contribution in [3.8, 4) is 5.75 Å². The Balaban J connectivity index is 1.50. The van der Waals surface area contributed by atoms with Crippen LogP contribution in [0.2, 0.25) is 0 Å². The fourth-order valence-corrected chi connectivity index (χ4v) is 3.38. The van der Waals surface area contributed by atoms with E-state index < -0.39 is 0 Å². The number of aliphatic hydroxyl groups is 1. The number of aliphatic hydroxyl groups excluding tert-OH is 1. The smallest absolute Gasteiger partial charge is 0.193 e. The molecule has 1 aliphatic carbocycles. The molecule has 4 rings (SSSR count). The summed E-state index contributed by atoms with van der Waals surface area (Å²) in [6, 6.07) is 5.92. The van der Waals surface area contributed by atoms with Crippen LogP contribution in [0.25, 0.3) is 4.96 Å². The molecule has 0 unspecified atom stereocenters. The molecular formula is C15H14N2O2S. The zero-order chi connectivity index (χ0) is 13.5. The topological polar surface area (TPSA) is 46.8 Å². The molecule has 4 nitrogen and oxygen atoms in total. The van der Waals surface area contributed by atoms with Gasteiger partial charge in [0.1, 0.15) is 12.4 Å². The minimum absolute atomic E-state index is 0.307. The van der Waals surface area contributed by atoms with Crippen LogP contribution in [0.3, 0.4) is 0 Å². The first-order valence-electron chi connectivity index (χ1n) is 6.64. The van der Waals surface area contributed by atoms with Gasteiger partial charge in [-0.25, -0.2) is 4.98 Å². The molecule has 102 valence electrons. The van der Waals surface area contributed by atoms with Gasteiger partial charge < -0.3 is 9.84 Å². The molecule has 1 atom stereocenters. The summed E-state index contributed by atoms with van der Waals surface area (Å²) < 4.78 is 7.80. The van der Waals surface area contributed by atoms with E-state index in [1.165, 1.54) is 5.56 Å². The second-order valence-corrected chi connectivity index (χ2v) is 5.90. The van der Waals surface area contributed by atoms with Crippen molar-refractivity contribution >= 4 is 16.3 Å². The number of hydrogen-bond acceptors (Lipinski definition) is 4. The Morgan fingerprint density at radius 2 is 2.40 bits per heavy atom. The molecule has 20 heavy (non-hydrogen) atoms. The van der Waals surface area contributed by atoms with E-state index in [4.69, 9.17) is 4.74 Å². The highest BCUT2D eigenvalue weighted by Gasteiger charge is 2.20. The summed E-state index contributed by atoms with van der Waals surface area (Å²) in [7, 11) is 0. The van der Waals surface area contributed by atoms with Crippen molar-refractivity contribution < 1.29 is 9.84 Å². The van der Waals surface area contributed by atoms with E-state index in [9.17, 15) is 5.11 Å². The fraction of sp³-hybridized carbons (Fsp3) is 0.267. The van der Waals surface area contributed by atoms with Crippen LogP contribution < -0.4 is 4.74 Å². The zero-order valence-corrected chi connectivity index (χ0v) is 11.6. The normalized spacial score (nSPS) is 17.6. The summed E-state index contributed by atoms with van der Waals surface area (Å²) in [5.74, 6) is 0.842. The fourth-order valence-electron chi connectivity index (χ4n) is 2.66. The molecule has 0 fully saturated rings. The molecule has 2 heterocycles. The highest BCUT2D eigenvalue weighted by atomic mass is 32.1. The monoisotopic (exact) mass is 286 g/mol. The molecule has 1 aromatic carbocycles. The Hall–Kier alpha value is -1.85. The molecule has 0 radical (unpaired) electrons. The van der Waals surface area contributed by atoms with Crippen LogP contribution in [0, 0.1) is 0 Å². The van der Waals surface area contributed by atoms with Crippen molar-refractivity contribution in [3.05, 3.63) is 52.8 Å². The average Bonchev–Trinajstić information content (AvgIpc) is 3.11. The van der Waals surface area contributed by atoms with E-state index >= 15 is 0 Å². The molecule has 2 aromatic heterocycles. The SMILES string of the molecule is O[C@H]1CCc2cc(OCc3cn4ccsc4n3)ccc21. The van der Waals surface area contributed by atoms with Gasteiger partial charge in [-0.05, 0) is 36.1 Å². The van der Waals surface area contributed by atoms with Crippen molar-refractivity contribution in [1.82, 2.24) is 9.38 Å². The van der Waals surface area contributed by atoms with Gasteiger partial charge in [-0.2, -0.15) is 0 Å². The molecule has 3 aromatic rings. The highest BCUT2D eigenvalue weighted by Crippen LogP contribution is 2.33. The van der Waals surface area contributed by atoms with Crippen LogP contribution in [-0.2, 0) is 13.0 Å². The number of fused-ring (bicyclic) bond motifs is 2. The van der Waals surface area contributed by atoms with Gasteiger partial charge in [0.05, 0.1) is 11.8 Å². The van der Waals surface area contributed by atoms with Crippen LogP contribution in [0.5, 0.6) is 5.75 Å². The minimum Gasteiger partial charge on any atom is -0.487 e. The van der Waals surface area contributed by atoms with Crippen LogP contribution >= 0.6 is 11.3 Å².